The summed E-state index contributed by atoms with van der Waals surface area (Å²) in [5.41, 5.74) is 2.11. The molecule has 1 unspecified atom stereocenters. The first-order valence-electron chi connectivity index (χ1n) is 11.3. The van der Waals surface area contributed by atoms with Crippen LogP contribution >= 0.6 is 0 Å². The van der Waals surface area contributed by atoms with Crippen LogP contribution in [0.5, 0.6) is 17.2 Å². The van der Waals surface area contributed by atoms with E-state index in [0.717, 1.165) is 30.6 Å². The Bertz CT molecular complexity index is 1100. The van der Waals surface area contributed by atoms with Crippen molar-refractivity contribution in [3.05, 3.63) is 89.2 Å². The van der Waals surface area contributed by atoms with Crippen molar-refractivity contribution in [1.29, 1.82) is 0 Å². The monoisotopic (exact) mass is 465 g/mol. The number of hydrogen-bond donors (Lipinski definition) is 1. The number of ether oxygens (including phenoxy) is 4. The van der Waals surface area contributed by atoms with Crippen molar-refractivity contribution < 1.29 is 28.1 Å². The lowest BCUT2D eigenvalue weighted by atomic mass is 10.1. The number of hydrogen-bond acceptors (Lipinski definition) is 5. The first kappa shape index (κ1) is 23.6. The Morgan fingerprint density at radius 2 is 1.79 bits per heavy atom. The van der Waals surface area contributed by atoms with Gasteiger partial charge in [0, 0.05) is 13.2 Å². The molecule has 3 aromatic rings. The normalized spacial score (nSPS) is 15.1. The number of carbonyl (C=O) groups is 1. The largest absolute Gasteiger partial charge is 0.493 e. The fourth-order valence-corrected chi connectivity index (χ4v) is 3.70. The zero-order valence-electron chi connectivity index (χ0n) is 19.1. The van der Waals surface area contributed by atoms with E-state index < -0.39 is 0 Å². The van der Waals surface area contributed by atoms with E-state index in [0.29, 0.717) is 36.0 Å². The van der Waals surface area contributed by atoms with E-state index >= 15 is 0 Å². The number of carbonyl (C=O) groups excluding carboxylic acids is 1. The minimum absolute atomic E-state index is 0.119. The quantitative estimate of drug-likeness (QED) is 0.461. The van der Waals surface area contributed by atoms with Gasteiger partial charge in [-0.25, -0.2) is 4.39 Å². The van der Waals surface area contributed by atoms with E-state index in [-0.39, 0.29) is 24.4 Å². The number of amides is 1. The second kappa shape index (κ2) is 11.5. The molecular formula is C27H28FNO5. The van der Waals surface area contributed by atoms with Crippen LogP contribution in [0.4, 0.5) is 4.39 Å². The number of para-hydroxylation sites is 1. The Morgan fingerprint density at radius 1 is 1.00 bits per heavy atom. The molecule has 0 spiro atoms. The summed E-state index contributed by atoms with van der Waals surface area (Å²) >= 11 is 0. The molecule has 7 heteroatoms. The predicted molar refractivity (Wildman–Crippen MR) is 126 cm³/mol. The highest BCUT2D eigenvalue weighted by molar-refractivity contribution is 5.96. The van der Waals surface area contributed by atoms with Crippen molar-refractivity contribution in [2.24, 2.45) is 0 Å². The molecule has 6 nitrogen and oxygen atoms in total. The van der Waals surface area contributed by atoms with Crippen LogP contribution < -0.4 is 19.5 Å². The van der Waals surface area contributed by atoms with Gasteiger partial charge in [0.1, 0.15) is 24.8 Å². The molecule has 3 aromatic carbocycles. The molecular weight excluding hydrogens is 437 g/mol. The topological polar surface area (TPSA) is 66.0 Å². The van der Waals surface area contributed by atoms with Gasteiger partial charge in [0.15, 0.2) is 11.5 Å². The van der Waals surface area contributed by atoms with Gasteiger partial charge in [-0.1, -0.05) is 30.3 Å². The van der Waals surface area contributed by atoms with Gasteiger partial charge in [-0.2, -0.15) is 0 Å². The van der Waals surface area contributed by atoms with E-state index in [9.17, 15) is 9.18 Å². The highest BCUT2D eigenvalue weighted by Gasteiger charge is 2.17. The Morgan fingerprint density at radius 3 is 2.56 bits per heavy atom. The minimum Gasteiger partial charge on any atom is -0.493 e. The number of nitrogens with one attached hydrogen (secondary N) is 1. The van der Waals surface area contributed by atoms with Crippen LogP contribution in [-0.2, 0) is 17.9 Å². The Kier molecular flexibility index (Phi) is 7.99. The Balaban J connectivity index is 1.35. The first-order chi connectivity index (χ1) is 16.6. The molecule has 178 valence electrons. The van der Waals surface area contributed by atoms with Gasteiger partial charge < -0.3 is 24.3 Å². The van der Waals surface area contributed by atoms with Crippen molar-refractivity contribution in [3.8, 4) is 17.2 Å². The average molecular weight is 466 g/mol. The molecule has 0 saturated carbocycles. The first-order valence-corrected chi connectivity index (χ1v) is 11.3. The van der Waals surface area contributed by atoms with Crippen LogP contribution in [0.1, 0.15) is 34.3 Å². The maximum Gasteiger partial charge on any atom is 0.255 e. The average Bonchev–Trinajstić information content (AvgIpc) is 3.40. The number of benzene rings is 3. The molecule has 0 aromatic heterocycles. The second-order valence-corrected chi connectivity index (χ2v) is 8.03. The summed E-state index contributed by atoms with van der Waals surface area (Å²) in [5.74, 6) is 1.15. The van der Waals surface area contributed by atoms with Crippen molar-refractivity contribution >= 4 is 5.91 Å². The minimum atomic E-state index is -0.303. The molecule has 1 heterocycles. The molecule has 4 rings (SSSR count). The standard InChI is InChI=1S/C27H28FNO5/c1-31-26-15-20(10-13-25(26)34-18-22-5-4-14-32-22)16-29-27(30)23-6-2-3-7-24(23)33-17-19-8-11-21(28)12-9-19/h2-3,6-13,15,22H,4-5,14,16-18H2,1H3,(H,29,30). The lowest BCUT2D eigenvalue weighted by molar-refractivity contribution is 0.0669. The van der Waals surface area contributed by atoms with E-state index in [1.165, 1.54) is 12.1 Å². The summed E-state index contributed by atoms with van der Waals surface area (Å²) in [4.78, 5) is 12.9. The third-order valence-corrected chi connectivity index (χ3v) is 5.57. The lowest BCUT2D eigenvalue weighted by Gasteiger charge is -2.15. The fourth-order valence-electron chi connectivity index (χ4n) is 3.70. The summed E-state index contributed by atoms with van der Waals surface area (Å²) in [6.07, 6.45) is 2.18. The maximum atomic E-state index is 13.1. The van der Waals surface area contributed by atoms with Gasteiger partial charge in [-0.15, -0.1) is 0 Å². The Labute approximate surface area is 198 Å². The van der Waals surface area contributed by atoms with Gasteiger partial charge in [0.05, 0.1) is 18.8 Å². The van der Waals surface area contributed by atoms with Gasteiger partial charge in [0.25, 0.3) is 5.91 Å². The Hall–Kier alpha value is -3.58. The summed E-state index contributed by atoms with van der Waals surface area (Å²) in [6.45, 7) is 1.81. The smallest absolute Gasteiger partial charge is 0.255 e. The number of halogens is 1. The molecule has 1 N–H and O–H groups in total. The summed E-state index contributed by atoms with van der Waals surface area (Å²) in [5, 5.41) is 2.92. The zero-order chi connectivity index (χ0) is 23.8. The lowest BCUT2D eigenvalue weighted by Crippen LogP contribution is -2.23. The predicted octanol–water partition coefficient (Wildman–Crippen LogP) is 4.90. The molecule has 0 aliphatic carbocycles. The summed E-state index contributed by atoms with van der Waals surface area (Å²) in [6, 6.07) is 18.7. The molecule has 1 aliphatic heterocycles. The van der Waals surface area contributed by atoms with E-state index in [1.54, 1.807) is 43.5 Å². The van der Waals surface area contributed by atoms with Crippen LogP contribution in [0.25, 0.3) is 0 Å². The van der Waals surface area contributed by atoms with Crippen LogP contribution in [0.3, 0.4) is 0 Å². The van der Waals surface area contributed by atoms with E-state index in [4.69, 9.17) is 18.9 Å². The van der Waals surface area contributed by atoms with Crippen molar-refractivity contribution in [1.82, 2.24) is 5.32 Å². The molecule has 34 heavy (non-hydrogen) atoms. The molecule has 1 aliphatic rings. The number of methoxy groups -OCH3 is 1. The van der Waals surface area contributed by atoms with Crippen LogP contribution in [0, 0.1) is 5.82 Å². The van der Waals surface area contributed by atoms with Gasteiger partial charge in [0.2, 0.25) is 0 Å². The highest BCUT2D eigenvalue weighted by Crippen LogP contribution is 2.29. The third-order valence-electron chi connectivity index (χ3n) is 5.57. The SMILES string of the molecule is COc1cc(CNC(=O)c2ccccc2OCc2ccc(F)cc2)ccc1OCC1CCCO1. The zero-order valence-corrected chi connectivity index (χ0v) is 19.1. The molecule has 1 fully saturated rings. The van der Waals surface area contributed by atoms with Gasteiger partial charge in [-0.3, -0.25) is 4.79 Å². The molecule has 1 saturated heterocycles. The summed E-state index contributed by atoms with van der Waals surface area (Å²) in [7, 11) is 1.59. The van der Waals surface area contributed by atoms with Crippen LogP contribution in [0.15, 0.2) is 66.7 Å². The highest BCUT2D eigenvalue weighted by atomic mass is 19.1. The number of rotatable bonds is 10. The summed E-state index contributed by atoms with van der Waals surface area (Å²) < 4.78 is 35.9. The van der Waals surface area contributed by atoms with Gasteiger partial charge >= 0.3 is 0 Å². The van der Waals surface area contributed by atoms with Crippen molar-refractivity contribution in [2.75, 3.05) is 20.3 Å². The molecule has 0 bridgehead atoms. The maximum absolute atomic E-state index is 13.1. The van der Waals surface area contributed by atoms with Gasteiger partial charge in [-0.05, 0) is 60.4 Å². The molecule has 0 radical (unpaired) electrons. The van der Waals surface area contributed by atoms with Crippen LogP contribution in [0.2, 0.25) is 0 Å². The second-order valence-electron chi connectivity index (χ2n) is 8.03. The van der Waals surface area contributed by atoms with Crippen molar-refractivity contribution in [3.63, 3.8) is 0 Å². The fraction of sp³-hybridized carbons (Fsp3) is 0.296. The molecule has 1 amide bonds. The van der Waals surface area contributed by atoms with E-state index in [2.05, 4.69) is 5.32 Å². The third kappa shape index (κ3) is 6.26. The van der Waals surface area contributed by atoms with Crippen LogP contribution in [-0.4, -0.2) is 32.3 Å². The van der Waals surface area contributed by atoms with E-state index in [1.807, 2.05) is 18.2 Å². The molecule has 1 atom stereocenters. The van der Waals surface area contributed by atoms with Crippen molar-refractivity contribution in [2.45, 2.75) is 32.1 Å².